The monoisotopic (exact) mass is 297 g/mol. The van der Waals surface area contributed by atoms with Crippen molar-refractivity contribution in [1.29, 1.82) is 0 Å². The maximum Gasteiger partial charge on any atom is 0.410 e. The van der Waals surface area contributed by atoms with E-state index in [1.807, 2.05) is 60.7 Å². The van der Waals surface area contributed by atoms with E-state index < -0.39 is 0 Å². The van der Waals surface area contributed by atoms with Crippen molar-refractivity contribution < 1.29 is 9.53 Å². The van der Waals surface area contributed by atoms with E-state index in [0.717, 1.165) is 24.0 Å². The van der Waals surface area contributed by atoms with Gasteiger partial charge in [-0.1, -0.05) is 74.0 Å². The number of ether oxygens (including phenoxy) is 1. The second kappa shape index (κ2) is 8.88. The van der Waals surface area contributed by atoms with Gasteiger partial charge >= 0.3 is 6.09 Å². The van der Waals surface area contributed by atoms with Crippen LogP contribution < -0.4 is 0 Å². The molecule has 22 heavy (non-hydrogen) atoms. The molecule has 3 nitrogen and oxygen atoms in total. The van der Waals surface area contributed by atoms with E-state index in [2.05, 4.69) is 6.92 Å². The summed E-state index contributed by atoms with van der Waals surface area (Å²) < 4.78 is 5.38. The molecule has 0 heterocycles. The molecule has 2 aromatic carbocycles. The zero-order chi connectivity index (χ0) is 15.6. The number of carbonyl (C=O) groups excluding carboxylic acids is 1. The zero-order valence-electron chi connectivity index (χ0n) is 13.1. The Morgan fingerprint density at radius 1 is 0.909 bits per heavy atom. The lowest BCUT2D eigenvalue weighted by Crippen LogP contribution is -2.31. The van der Waals surface area contributed by atoms with Crippen LogP contribution in [0.2, 0.25) is 0 Å². The fourth-order valence-electron chi connectivity index (χ4n) is 2.19. The van der Waals surface area contributed by atoms with Gasteiger partial charge in [-0.15, -0.1) is 0 Å². The highest BCUT2D eigenvalue weighted by Crippen LogP contribution is 2.11. The minimum Gasteiger partial charge on any atom is -0.449 e. The lowest BCUT2D eigenvalue weighted by molar-refractivity contribution is 0.0958. The molecule has 2 rings (SSSR count). The Labute approximate surface area is 132 Å². The summed E-state index contributed by atoms with van der Waals surface area (Å²) in [6, 6.07) is 20.0. The number of benzene rings is 2. The molecule has 0 aromatic heterocycles. The van der Waals surface area contributed by atoms with Crippen LogP contribution in [0.1, 0.15) is 30.9 Å². The molecule has 1 amide bonds. The van der Waals surface area contributed by atoms with Crippen molar-refractivity contribution in [3.8, 4) is 0 Å². The van der Waals surface area contributed by atoms with Gasteiger partial charge in [0.1, 0.15) is 0 Å². The van der Waals surface area contributed by atoms with Crippen LogP contribution in [0.3, 0.4) is 0 Å². The van der Waals surface area contributed by atoms with Crippen LogP contribution in [0.25, 0.3) is 0 Å². The van der Waals surface area contributed by atoms with Gasteiger partial charge in [0, 0.05) is 13.1 Å². The van der Waals surface area contributed by atoms with Crippen molar-refractivity contribution in [2.45, 2.75) is 32.9 Å². The molecule has 2 aromatic rings. The Bertz CT molecular complexity index is 513. The molecule has 0 spiro atoms. The molecule has 0 radical (unpaired) electrons. The first kappa shape index (κ1) is 16.1. The number of amides is 1. The fraction of sp³-hybridized carbons (Fsp3) is 0.316. The average Bonchev–Trinajstić information content (AvgIpc) is 2.56. The third-order valence-corrected chi connectivity index (χ3v) is 3.41. The maximum absolute atomic E-state index is 12.3. The van der Waals surface area contributed by atoms with Crippen LogP contribution in [-0.2, 0) is 17.8 Å². The number of rotatable bonds is 7. The van der Waals surface area contributed by atoms with Gasteiger partial charge in [0.25, 0.3) is 0 Å². The summed E-state index contributed by atoms with van der Waals surface area (Å²) in [5.74, 6) is 0. The van der Waals surface area contributed by atoms with E-state index in [4.69, 9.17) is 4.74 Å². The Hall–Kier alpha value is -2.29. The molecule has 0 atom stereocenters. The van der Waals surface area contributed by atoms with Crippen LogP contribution in [0.5, 0.6) is 0 Å². The third-order valence-electron chi connectivity index (χ3n) is 3.41. The first-order valence-electron chi connectivity index (χ1n) is 7.79. The van der Waals surface area contributed by atoms with Crippen molar-refractivity contribution in [1.82, 2.24) is 4.90 Å². The van der Waals surface area contributed by atoms with Crippen molar-refractivity contribution >= 4 is 6.09 Å². The lowest BCUT2D eigenvalue weighted by atomic mass is 10.2. The smallest absolute Gasteiger partial charge is 0.410 e. The van der Waals surface area contributed by atoms with Crippen LogP contribution in [-0.4, -0.2) is 17.6 Å². The van der Waals surface area contributed by atoms with Gasteiger partial charge < -0.3 is 4.74 Å². The summed E-state index contributed by atoms with van der Waals surface area (Å²) in [5.41, 5.74) is 2.21. The first-order chi connectivity index (χ1) is 10.8. The van der Waals surface area contributed by atoms with Gasteiger partial charge in [-0.25, -0.2) is 4.79 Å². The van der Waals surface area contributed by atoms with E-state index in [1.165, 1.54) is 0 Å². The largest absolute Gasteiger partial charge is 0.449 e. The third kappa shape index (κ3) is 5.24. The molecule has 0 saturated heterocycles. The quantitative estimate of drug-likeness (QED) is 0.698. The minimum atomic E-state index is -0.249. The number of carbonyl (C=O) groups is 1. The fourth-order valence-corrected chi connectivity index (χ4v) is 2.19. The van der Waals surface area contributed by atoms with E-state index in [1.54, 1.807) is 4.90 Å². The van der Waals surface area contributed by atoms with Crippen LogP contribution in [0, 0.1) is 0 Å². The second-order valence-corrected chi connectivity index (χ2v) is 5.30. The van der Waals surface area contributed by atoms with Gasteiger partial charge in [0.05, 0.1) is 6.61 Å². The summed E-state index contributed by atoms with van der Waals surface area (Å²) in [6.45, 7) is 3.68. The minimum absolute atomic E-state index is 0.249. The summed E-state index contributed by atoms with van der Waals surface area (Å²) in [4.78, 5) is 14.1. The summed E-state index contributed by atoms with van der Waals surface area (Å²) >= 11 is 0. The summed E-state index contributed by atoms with van der Waals surface area (Å²) in [5, 5.41) is 0. The molecular formula is C19H23NO2. The van der Waals surface area contributed by atoms with Crippen molar-refractivity contribution in [3.05, 3.63) is 71.8 Å². The Morgan fingerprint density at radius 3 is 1.86 bits per heavy atom. The van der Waals surface area contributed by atoms with Gasteiger partial charge in [-0.05, 0) is 17.5 Å². The molecule has 0 aliphatic carbocycles. The molecule has 0 aliphatic heterocycles. The average molecular weight is 297 g/mol. The number of unbranched alkanes of at least 4 members (excludes halogenated alkanes) is 1. The predicted molar refractivity (Wildman–Crippen MR) is 88.4 cm³/mol. The number of hydrogen-bond acceptors (Lipinski definition) is 2. The molecule has 0 unspecified atom stereocenters. The normalized spacial score (nSPS) is 10.2. The molecule has 116 valence electrons. The molecule has 0 bridgehead atoms. The van der Waals surface area contributed by atoms with E-state index >= 15 is 0 Å². The number of nitrogens with zero attached hydrogens (tertiary/aromatic N) is 1. The topological polar surface area (TPSA) is 29.5 Å². The number of hydrogen-bond donors (Lipinski definition) is 0. The summed E-state index contributed by atoms with van der Waals surface area (Å²) in [6.07, 6.45) is 1.67. The standard InChI is InChI=1S/C19H23NO2/c1-2-3-14-22-19(21)20(15-17-10-6-4-7-11-17)16-18-12-8-5-9-13-18/h4-13H,2-3,14-16H2,1H3. The van der Waals surface area contributed by atoms with Gasteiger partial charge in [0.15, 0.2) is 0 Å². The van der Waals surface area contributed by atoms with E-state index in [9.17, 15) is 4.79 Å². The lowest BCUT2D eigenvalue weighted by Gasteiger charge is -2.22. The highest BCUT2D eigenvalue weighted by atomic mass is 16.6. The highest BCUT2D eigenvalue weighted by Gasteiger charge is 2.15. The molecule has 3 heteroatoms. The highest BCUT2D eigenvalue weighted by molar-refractivity contribution is 5.67. The van der Waals surface area contributed by atoms with Crippen molar-refractivity contribution in [2.24, 2.45) is 0 Å². The van der Waals surface area contributed by atoms with Crippen molar-refractivity contribution in [2.75, 3.05) is 6.61 Å². The predicted octanol–water partition coefficient (Wildman–Crippen LogP) is 4.63. The Balaban J connectivity index is 2.04. The second-order valence-electron chi connectivity index (χ2n) is 5.30. The molecular weight excluding hydrogens is 274 g/mol. The van der Waals surface area contributed by atoms with Crippen LogP contribution in [0.15, 0.2) is 60.7 Å². The van der Waals surface area contributed by atoms with Crippen LogP contribution in [0.4, 0.5) is 4.79 Å². The van der Waals surface area contributed by atoms with Crippen LogP contribution >= 0.6 is 0 Å². The summed E-state index contributed by atoms with van der Waals surface area (Å²) in [7, 11) is 0. The molecule has 0 saturated carbocycles. The molecule has 0 aliphatic rings. The van der Waals surface area contributed by atoms with Crippen molar-refractivity contribution in [3.63, 3.8) is 0 Å². The zero-order valence-corrected chi connectivity index (χ0v) is 13.1. The SMILES string of the molecule is CCCCOC(=O)N(Cc1ccccc1)Cc1ccccc1. The van der Waals surface area contributed by atoms with E-state index in [0.29, 0.717) is 19.7 Å². The Morgan fingerprint density at radius 2 is 1.41 bits per heavy atom. The van der Waals surface area contributed by atoms with Gasteiger partial charge in [-0.2, -0.15) is 0 Å². The molecule has 0 fully saturated rings. The van der Waals surface area contributed by atoms with Gasteiger partial charge in [0.2, 0.25) is 0 Å². The maximum atomic E-state index is 12.3. The van der Waals surface area contributed by atoms with E-state index in [-0.39, 0.29) is 6.09 Å². The Kier molecular flexibility index (Phi) is 6.49. The first-order valence-corrected chi connectivity index (χ1v) is 7.79. The molecule has 0 N–H and O–H groups in total. The van der Waals surface area contributed by atoms with Gasteiger partial charge in [-0.3, -0.25) is 4.90 Å².